The van der Waals surface area contributed by atoms with Crippen LogP contribution in [0.4, 0.5) is 0 Å². The van der Waals surface area contributed by atoms with Crippen LogP contribution in [0.25, 0.3) is 0 Å². The van der Waals surface area contributed by atoms with E-state index in [1.165, 1.54) is 32.6 Å². The summed E-state index contributed by atoms with van der Waals surface area (Å²) in [7, 11) is 0. The van der Waals surface area contributed by atoms with E-state index in [4.69, 9.17) is 4.42 Å². The molecule has 0 aromatic carbocycles. The second kappa shape index (κ2) is 5.70. The third-order valence-electron chi connectivity index (χ3n) is 1.80. The molecule has 2 aromatic heterocycles. The quantitative estimate of drug-likeness (QED) is 0.730. The van der Waals surface area contributed by atoms with Crippen molar-refractivity contribution in [2.24, 2.45) is 0 Å². The molecule has 0 atom stereocenters. The topological polar surface area (TPSA) is 60.4 Å². The third kappa shape index (κ3) is 3.57. The fourth-order valence-electron chi connectivity index (χ4n) is 0.944. The average molecular weight is 220 g/mol. The predicted octanol–water partition coefficient (Wildman–Crippen LogP) is 2.96. The Morgan fingerprint density at radius 1 is 1.06 bits per heavy atom. The highest BCUT2D eigenvalue weighted by Gasteiger charge is 1.97. The summed E-state index contributed by atoms with van der Waals surface area (Å²) in [6, 6.07) is 4.97. The normalized spacial score (nSPS) is 9.12. The van der Waals surface area contributed by atoms with Gasteiger partial charge < -0.3 is 8.83 Å². The van der Waals surface area contributed by atoms with Crippen molar-refractivity contribution in [1.82, 2.24) is 0 Å². The van der Waals surface area contributed by atoms with Gasteiger partial charge in [0.1, 0.15) is 6.26 Å². The number of furan rings is 2. The van der Waals surface area contributed by atoms with Gasteiger partial charge in [0.25, 0.3) is 0 Å². The van der Waals surface area contributed by atoms with Gasteiger partial charge in [-0.1, -0.05) is 0 Å². The first-order valence-corrected chi connectivity index (χ1v) is 4.69. The van der Waals surface area contributed by atoms with E-state index in [0.29, 0.717) is 11.3 Å². The molecule has 0 radical (unpaired) electrons. The van der Waals surface area contributed by atoms with E-state index in [2.05, 4.69) is 4.42 Å². The van der Waals surface area contributed by atoms with Crippen LogP contribution in [-0.2, 0) is 0 Å². The van der Waals surface area contributed by atoms with E-state index in [9.17, 15) is 9.59 Å². The van der Waals surface area contributed by atoms with E-state index in [1.807, 2.05) is 0 Å². The van der Waals surface area contributed by atoms with Gasteiger partial charge in [0.2, 0.25) is 0 Å². The summed E-state index contributed by atoms with van der Waals surface area (Å²) in [5, 5.41) is 0. The van der Waals surface area contributed by atoms with Gasteiger partial charge in [-0.2, -0.15) is 0 Å². The van der Waals surface area contributed by atoms with Gasteiger partial charge in [0, 0.05) is 6.92 Å². The molecular formula is C12H12O4. The van der Waals surface area contributed by atoms with E-state index in [0.717, 1.165) is 0 Å². The minimum atomic E-state index is -0.0324. The molecule has 4 heteroatoms. The minimum Gasteiger partial charge on any atom is -0.472 e. The molecule has 0 spiro atoms. The zero-order valence-electron chi connectivity index (χ0n) is 9.10. The molecule has 0 saturated heterocycles. The van der Waals surface area contributed by atoms with Crippen molar-refractivity contribution < 1.29 is 18.4 Å². The van der Waals surface area contributed by atoms with Crippen LogP contribution in [0.2, 0.25) is 0 Å². The van der Waals surface area contributed by atoms with Crippen LogP contribution >= 0.6 is 0 Å². The molecule has 2 aromatic rings. The summed E-state index contributed by atoms with van der Waals surface area (Å²) < 4.78 is 9.40. The standard InChI is InChI=1S/2C6H6O2/c1-5(7)6-2-3-8-4-6;1-5(7)6-3-2-4-8-6/h2*2-4H,1H3. The van der Waals surface area contributed by atoms with Crippen molar-refractivity contribution in [3.8, 4) is 0 Å². The molecule has 16 heavy (non-hydrogen) atoms. The number of carbonyl (C=O) groups is 2. The Morgan fingerprint density at radius 3 is 2.06 bits per heavy atom. The SMILES string of the molecule is CC(=O)c1ccco1.CC(=O)c1ccoc1. The lowest BCUT2D eigenvalue weighted by molar-refractivity contribution is 0.0985. The maximum absolute atomic E-state index is 10.4. The molecular weight excluding hydrogens is 208 g/mol. The molecule has 0 aliphatic rings. The van der Waals surface area contributed by atoms with Crippen LogP contribution in [0.15, 0.2) is 45.8 Å². The predicted molar refractivity (Wildman–Crippen MR) is 57.4 cm³/mol. The maximum Gasteiger partial charge on any atom is 0.194 e. The molecule has 0 saturated carbocycles. The molecule has 2 heterocycles. The van der Waals surface area contributed by atoms with Gasteiger partial charge in [0.15, 0.2) is 17.3 Å². The largest absolute Gasteiger partial charge is 0.472 e. The zero-order valence-corrected chi connectivity index (χ0v) is 9.10. The zero-order chi connectivity index (χ0) is 12.0. The highest BCUT2D eigenvalue weighted by molar-refractivity contribution is 5.93. The maximum atomic E-state index is 10.4. The Bertz CT molecular complexity index is 393. The van der Waals surface area contributed by atoms with Crippen LogP contribution in [-0.4, -0.2) is 11.6 Å². The summed E-state index contributed by atoms with van der Waals surface area (Å²) in [6.45, 7) is 2.98. The third-order valence-corrected chi connectivity index (χ3v) is 1.80. The van der Waals surface area contributed by atoms with Crippen LogP contribution in [0.3, 0.4) is 0 Å². The molecule has 0 amide bonds. The van der Waals surface area contributed by atoms with Gasteiger partial charge in [-0.25, -0.2) is 0 Å². The highest BCUT2D eigenvalue weighted by atomic mass is 16.3. The van der Waals surface area contributed by atoms with Crippen LogP contribution < -0.4 is 0 Å². The molecule has 0 unspecified atom stereocenters. The monoisotopic (exact) mass is 220 g/mol. The van der Waals surface area contributed by atoms with Crippen molar-refractivity contribution in [2.75, 3.05) is 0 Å². The fourth-order valence-corrected chi connectivity index (χ4v) is 0.944. The molecule has 0 aliphatic carbocycles. The van der Waals surface area contributed by atoms with Crippen molar-refractivity contribution in [2.45, 2.75) is 13.8 Å². The minimum absolute atomic E-state index is 0.0324. The Morgan fingerprint density at radius 2 is 1.81 bits per heavy atom. The number of carbonyl (C=O) groups excluding carboxylic acids is 2. The van der Waals surface area contributed by atoms with E-state index >= 15 is 0 Å². The van der Waals surface area contributed by atoms with E-state index in [1.54, 1.807) is 18.2 Å². The lowest BCUT2D eigenvalue weighted by atomic mass is 10.2. The molecule has 0 bridgehead atoms. The summed E-state index contributed by atoms with van der Waals surface area (Å²) in [6.07, 6.45) is 4.40. The first kappa shape index (κ1) is 12.0. The molecule has 0 aliphatic heterocycles. The van der Waals surface area contributed by atoms with E-state index in [-0.39, 0.29) is 11.6 Å². The number of hydrogen-bond donors (Lipinski definition) is 0. The number of rotatable bonds is 2. The molecule has 0 N–H and O–H groups in total. The first-order valence-electron chi connectivity index (χ1n) is 4.69. The first-order chi connectivity index (χ1) is 7.61. The fraction of sp³-hybridized carbons (Fsp3) is 0.167. The average Bonchev–Trinajstić information content (AvgIpc) is 2.93. The number of hydrogen-bond acceptors (Lipinski definition) is 4. The van der Waals surface area contributed by atoms with Crippen LogP contribution in [0.5, 0.6) is 0 Å². The van der Waals surface area contributed by atoms with Crippen LogP contribution in [0, 0.1) is 0 Å². The van der Waals surface area contributed by atoms with Crippen LogP contribution in [0.1, 0.15) is 34.8 Å². The van der Waals surface area contributed by atoms with Crippen molar-refractivity contribution >= 4 is 11.6 Å². The second-order valence-electron chi connectivity index (χ2n) is 3.10. The van der Waals surface area contributed by atoms with Gasteiger partial charge in [-0.3, -0.25) is 9.59 Å². The Hall–Kier alpha value is -2.10. The molecule has 4 nitrogen and oxygen atoms in total. The molecule has 84 valence electrons. The van der Waals surface area contributed by atoms with Gasteiger partial charge in [-0.05, 0) is 25.1 Å². The number of ketones is 2. The Kier molecular flexibility index (Phi) is 4.27. The van der Waals surface area contributed by atoms with Crippen molar-refractivity contribution in [3.63, 3.8) is 0 Å². The highest BCUT2D eigenvalue weighted by Crippen LogP contribution is 1.99. The molecule has 2 rings (SSSR count). The van der Waals surface area contributed by atoms with Crippen molar-refractivity contribution in [3.05, 3.63) is 48.3 Å². The smallest absolute Gasteiger partial charge is 0.194 e. The number of Topliss-reactive ketones (excluding diaryl/α,β-unsaturated/α-hetero) is 2. The molecule has 0 fully saturated rings. The summed E-state index contributed by atoms with van der Waals surface area (Å²) in [5.74, 6) is 0.429. The van der Waals surface area contributed by atoms with Crippen molar-refractivity contribution in [1.29, 1.82) is 0 Å². The lowest BCUT2D eigenvalue weighted by Gasteiger charge is -1.80. The Labute approximate surface area is 92.9 Å². The van der Waals surface area contributed by atoms with Gasteiger partial charge >= 0.3 is 0 Å². The van der Waals surface area contributed by atoms with Gasteiger partial charge in [-0.15, -0.1) is 0 Å². The van der Waals surface area contributed by atoms with E-state index < -0.39 is 0 Å². The lowest BCUT2D eigenvalue weighted by Crippen LogP contribution is -1.85. The summed E-state index contributed by atoms with van der Waals surface area (Å²) in [5.41, 5.74) is 0.630. The summed E-state index contributed by atoms with van der Waals surface area (Å²) >= 11 is 0. The van der Waals surface area contributed by atoms with Gasteiger partial charge in [0.05, 0.1) is 18.1 Å². The summed E-state index contributed by atoms with van der Waals surface area (Å²) in [4.78, 5) is 20.9. The Balaban J connectivity index is 0.000000160. The second-order valence-corrected chi connectivity index (χ2v) is 3.10.